The maximum absolute atomic E-state index is 11.7. The van der Waals surface area contributed by atoms with Gasteiger partial charge >= 0.3 is 0 Å². The number of carbonyl (C=O) groups excluding carboxylic acids is 1. The van der Waals surface area contributed by atoms with E-state index in [9.17, 15) is 4.79 Å². The first kappa shape index (κ1) is 14.1. The van der Waals surface area contributed by atoms with E-state index in [2.05, 4.69) is 5.32 Å². The van der Waals surface area contributed by atoms with Gasteiger partial charge in [0.1, 0.15) is 0 Å². The number of halogens is 1. The SMILES string of the molecule is Nc1ccc(NC(=O)CCOC2CCOC2)c(Cl)c1. The van der Waals surface area contributed by atoms with Crippen LogP contribution in [0.15, 0.2) is 18.2 Å². The van der Waals surface area contributed by atoms with Crippen LogP contribution < -0.4 is 11.1 Å². The van der Waals surface area contributed by atoms with E-state index < -0.39 is 0 Å². The van der Waals surface area contributed by atoms with Crippen LogP contribution in [0.4, 0.5) is 11.4 Å². The molecular formula is C13H17ClN2O3. The zero-order valence-electron chi connectivity index (χ0n) is 10.5. The minimum Gasteiger partial charge on any atom is -0.399 e. The zero-order chi connectivity index (χ0) is 13.7. The summed E-state index contributed by atoms with van der Waals surface area (Å²) in [6.07, 6.45) is 1.30. The Bertz CT molecular complexity index is 448. The molecule has 1 atom stereocenters. The molecule has 6 heteroatoms. The van der Waals surface area contributed by atoms with Crippen molar-refractivity contribution in [2.75, 3.05) is 30.9 Å². The molecule has 0 bridgehead atoms. The molecule has 3 N–H and O–H groups in total. The van der Waals surface area contributed by atoms with Gasteiger partial charge in [-0.15, -0.1) is 0 Å². The van der Waals surface area contributed by atoms with Crippen LogP contribution >= 0.6 is 11.6 Å². The highest BCUT2D eigenvalue weighted by Gasteiger charge is 2.16. The maximum atomic E-state index is 11.7. The number of nitrogens with one attached hydrogen (secondary N) is 1. The first-order valence-corrected chi connectivity index (χ1v) is 6.57. The smallest absolute Gasteiger partial charge is 0.226 e. The highest BCUT2D eigenvalue weighted by molar-refractivity contribution is 6.34. The molecule has 1 fully saturated rings. The van der Waals surface area contributed by atoms with Crippen molar-refractivity contribution < 1.29 is 14.3 Å². The summed E-state index contributed by atoms with van der Waals surface area (Å²) in [6, 6.07) is 4.97. The Morgan fingerprint density at radius 1 is 1.58 bits per heavy atom. The summed E-state index contributed by atoms with van der Waals surface area (Å²) in [6.45, 7) is 1.73. The van der Waals surface area contributed by atoms with Crippen molar-refractivity contribution in [2.24, 2.45) is 0 Å². The quantitative estimate of drug-likeness (QED) is 0.812. The van der Waals surface area contributed by atoms with E-state index in [4.69, 9.17) is 26.8 Å². The van der Waals surface area contributed by atoms with Gasteiger partial charge in [-0.25, -0.2) is 0 Å². The molecule has 1 aromatic rings. The normalized spacial score (nSPS) is 18.5. The van der Waals surface area contributed by atoms with E-state index in [1.54, 1.807) is 18.2 Å². The Balaban J connectivity index is 1.74. The van der Waals surface area contributed by atoms with E-state index in [0.717, 1.165) is 13.0 Å². The lowest BCUT2D eigenvalue weighted by atomic mass is 10.2. The van der Waals surface area contributed by atoms with Gasteiger partial charge in [-0.1, -0.05) is 11.6 Å². The van der Waals surface area contributed by atoms with Crippen molar-refractivity contribution in [3.05, 3.63) is 23.2 Å². The third-order valence-electron chi connectivity index (χ3n) is 2.84. The number of rotatable bonds is 5. The topological polar surface area (TPSA) is 73.6 Å². The van der Waals surface area contributed by atoms with Crippen LogP contribution in [0.2, 0.25) is 5.02 Å². The number of carbonyl (C=O) groups is 1. The van der Waals surface area contributed by atoms with Gasteiger partial charge in [0.05, 0.1) is 36.4 Å². The molecule has 0 radical (unpaired) electrons. The molecule has 1 saturated heterocycles. The fraction of sp³-hybridized carbons (Fsp3) is 0.462. The van der Waals surface area contributed by atoms with Crippen molar-refractivity contribution in [1.29, 1.82) is 0 Å². The summed E-state index contributed by atoms with van der Waals surface area (Å²) in [7, 11) is 0. The second-order valence-corrected chi connectivity index (χ2v) is 4.80. The second kappa shape index (κ2) is 6.75. The summed E-state index contributed by atoms with van der Waals surface area (Å²) in [5.74, 6) is -0.134. The molecular weight excluding hydrogens is 268 g/mol. The van der Waals surface area contributed by atoms with Crippen molar-refractivity contribution >= 4 is 28.9 Å². The first-order chi connectivity index (χ1) is 9.15. The first-order valence-electron chi connectivity index (χ1n) is 6.19. The third-order valence-corrected chi connectivity index (χ3v) is 3.15. The molecule has 1 heterocycles. The maximum Gasteiger partial charge on any atom is 0.226 e. The Morgan fingerprint density at radius 3 is 3.11 bits per heavy atom. The lowest BCUT2D eigenvalue weighted by Gasteiger charge is -2.10. The van der Waals surface area contributed by atoms with Gasteiger partial charge in [0.2, 0.25) is 5.91 Å². The van der Waals surface area contributed by atoms with Crippen molar-refractivity contribution in [3.8, 4) is 0 Å². The summed E-state index contributed by atoms with van der Waals surface area (Å²) in [4.78, 5) is 11.7. The van der Waals surface area contributed by atoms with Gasteiger partial charge in [-0.3, -0.25) is 4.79 Å². The summed E-state index contributed by atoms with van der Waals surface area (Å²) >= 11 is 5.97. The van der Waals surface area contributed by atoms with E-state index >= 15 is 0 Å². The predicted octanol–water partition coefficient (Wildman–Crippen LogP) is 2.06. The third kappa shape index (κ3) is 4.38. The average Bonchev–Trinajstić information content (AvgIpc) is 2.86. The summed E-state index contributed by atoms with van der Waals surface area (Å²) < 4.78 is 10.7. The highest BCUT2D eigenvalue weighted by atomic mass is 35.5. The van der Waals surface area contributed by atoms with Crippen LogP contribution in [0, 0.1) is 0 Å². The second-order valence-electron chi connectivity index (χ2n) is 4.39. The van der Waals surface area contributed by atoms with Crippen molar-refractivity contribution in [1.82, 2.24) is 0 Å². The summed E-state index contributed by atoms with van der Waals surface area (Å²) in [5, 5.41) is 3.15. The number of nitrogen functional groups attached to an aromatic ring is 1. The van der Waals surface area contributed by atoms with Crippen LogP contribution in [0.5, 0.6) is 0 Å². The lowest BCUT2D eigenvalue weighted by molar-refractivity contribution is -0.117. The predicted molar refractivity (Wildman–Crippen MR) is 74.3 cm³/mol. The molecule has 1 aliphatic heterocycles. The van der Waals surface area contributed by atoms with E-state index in [0.29, 0.717) is 29.6 Å². The van der Waals surface area contributed by atoms with Crippen LogP contribution in [0.25, 0.3) is 0 Å². The molecule has 5 nitrogen and oxygen atoms in total. The molecule has 104 valence electrons. The van der Waals surface area contributed by atoms with Gasteiger partial charge in [0.25, 0.3) is 0 Å². The van der Waals surface area contributed by atoms with Crippen molar-refractivity contribution in [2.45, 2.75) is 18.9 Å². The number of anilines is 2. The van der Waals surface area contributed by atoms with E-state index in [1.165, 1.54) is 0 Å². The Hall–Kier alpha value is -1.30. The number of ether oxygens (including phenoxy) is 2. The van der Waals surface area contributed by atoms with Crippen LogP contribution in [0.3, 0.4) is 0 Å². The average molecular weight is 285 g/mol. The van der Waals surface area contributed by atoms with Gasteiger partial charge in [-0.2, -0.15) is 0 Å². The standard InChI is InChI=1S/C13H17ClN2O3/c14-11-7-9(15)1-2-12(11)16-13(17)4-6-19-10-3-5-18-8-10/h1-2,7,10H,3-6,8,15H2,(H,16,17). The van der Waals surface area contributed by atoms with Gasteiger partial charge in [0.15, 0.2) is 0 Å². The molecule has 0 saturated carbocycles. The van der Waals surface area contributed by atoms with E-state index in [-0.39, 0.29) is 18.4 Å². The molecule has 2 rings (SSSR count). The molecule has 0 spiro atoms. The van der Waals surface area contributed by atoms with Gasteiger partial charge in [-0.05, 0) is 24.6 Å². The minimum absolute atomic E-state index is 0.118. The largest absolute Gasteiger partial charge is 0.399 e. The fourth-order valence-corrected chi connectivity index (χ4v) is 2.04. The number of amides is 1. The number of hydrogen-bond acceptors (Lipinski definition) is 4. The molecule has 1 aromatic carbocycles. The lowest BCUT2D eigenvalue weighted by Crippen LogP contribution is -2.18. The molecule has 1 unspecified atom stereocenters. The number of hydrogen-bond donors (Lipinski definition) is 2. The molecule has 0 aliphatic carbocycles. The van der Waals surface area contributed by atoms with Crippen LogP contribution in [-0.2, 0) is 14.3 Å². The minimum atomic E-state index is -0.134. The van der Waals surface area contributed by atoms with Gasteiger partial charge in [0, 0.05) is 12.3 Å². The molecule has 1 aliphatic rings. The molecule has 0 aromatic heterocycles. The molecule has 1 amide bonds. The Morgan fingerprint density at radius 2 is 2.42 bits per heavy atom. The van der Waals surface area contributed by atoms with E-state index in [1.807, 2.05) is 0 Å². The zero-order valence-corrected chi connectivity index (χ0v) is 11.3. The Kier molecular flexibility index (Phi) is 5.01. The fourth-order valence-electron chi connectivity index (χ4n) is 1.81. The van der Waals surface area contributed by atoms with Crippen LogP contribution in [-0.4, -0.2) is 31.8 Å². The van der Waals surface area contributed by atoms with Crippen molar-refractivity contribution in [3.63, 3.8) is 0 Å². The van der Waals surface area contributed by atoms with Gasteiger partial charge < -0.3 is 20.5 Å². The molecule has 19 heavy (non-hydrogen) atoms. The van der Waals surface area contributed by atoms with Crippen LogP contribution in [0.1, 0.15) is 12.8 Å². The Labute approximate surface area is 117 Å². The number of nitrogens with two attached hydrogens (primary N) is 1. The number of benzene rings is 1. The monoisotopic (exact) mass is 284 g/mol. The highest BCUT2D eigenvalue weighted by Crippen LogP contribution is 2.24. The summed E-state index contributed by atoms with van der Waals surface area (Å²) in [5.41, 5.74) is 6.70.